The van der Waals surface area contributed by atoms with Crippen molar-refractivity contribution in [3.8, 4) is 0 Å². The maximum absolute atomic E-state index is 11.8. The zero-order valence-electron chi connectivity index (χ0n) is 11.2. The van der Waals surface area contributed by atoms with Gasteiger partial charge in [0.2, 0.25) is 0 Å². The van der Waals surface area contributed by atoms with Gasteiger partial charge < -0.3 is 5.32 Å². The van der Waals surface area contributed by atoms with E-state index < -0.39 is 4.92 Å². The number of nitro benzene ring substituents is 1. The molecule has 0 aliphatic carbocycles. The number of nitrogens with one attached hydrogen (secondary N) is 1. The predicted molar refractivity (Wildman–Crippen MR) is 74.4 cm³/mol. The Balaban J connectivity index is 2.37. The summed E-state index contributed by atoms with van der Waals surface area (Å²) in [6, 6.07) is 5.84. The SMILES string of the molecule is CCCCCCNCC(=O)c1cccc([N+](=O)[O-])c1. The van der Waals surface area contributed by atoms with Crippen molar-refractivity contribution in [2.45, 2.75) is 32.6 Å². The van der Waals surface area contributed by atoms with E-state index in [0.29, 0.717) is 5.56 Å². The molecule has 0 atom stereocenters. The summed E-state index contributed by atoms with van der Waals surface area (Å²) in [6.07, 6.45) is 4.61. The van der Waals surface area contributed by atoms with Crippen LogP contribution < -0.4 is 5.32 Å². The number of benzene rings is 1. The van der Waals surface area contributed by atoms with Crippen LogP contribution in [0.2, 0.25) is 0 Å². The molecule has 0 bridgehead atoms. The van der Waals surface area contributed by atoms with Crippen molar-refractivity contribution in [1.82, 2.24) is 5.32 Å². The van der Waals surface area contributed by atoms with E-state index in [-0.39, 0.29) is 18.0 Å². The standard InChI is InChI=1S/C14H20N2O3/c1-2-3-4-5-9-15-11-14(17)12-7-6-8-13(10-12)16(18)19/h6-8,10,15H,2-5,9,11H2,1H3. The second-order valence-electron chi connectivity index (χ2n) is 4.47. The van der Waals surface area contributed by atoms with E-state index in [1.54, 1.807) is 6.07 Å². The molecule has 0 saturated heterocycles. The summed E-state index contributed by atoms with van der Waals surface area (Å²) in [4.78, 5) is 21.9. The summed E-state index contributed by atoms with van der Waals surface area (Å²) in [5.41, 5.74) is 0.337. The van der Waals surface area contributed by atoms with E-state index in [2.05, 4.69) is 12.2 Å². The maximum atomic E-state index is 11.8. The number of carbonyl (C=O) groups is 1. The number of hydrogen-bond acceptors (Lipinski definition) is 4. The highest BCUT2D eigenvalue weighted by Gasteiger charge is 2.10. The molecule has 1 rings (SSSR count). The number of rotatable bonds is 9. The fourth-order valence-electron chi connectivity index (χ4n) is 1.77. The van der Waals surface area contributed by atoms with Gasteiger partial charge in [-0.1, -0.05) is 38.3 Å². The van der Waals surface area contributed by atoms with Crippen molar-refractivity contribution >= 4 is 11.5 Å². The Morgan fingerprint density at radius 3 is 2.79 bits per heavy atom. The highest BCUT2D eigenvalue weighted by molar-refractivity contribution is 5.98. The molecular weight excluding hydrogens is 244 g/mol. The van der Waals surface area contributed by atoms with Crippen LogP contribution in [0, 0.1) is 10.1 Å². The van der Waals surface area contributed by atoms with Crippen LogP contribution >= 0.6 is 0 Å². The third-order valence-corrected chi connectivity index (χ3v) is 2.87. The normalized spacial score (nSPS) is 10.4. The Hall–Kier alpha value is -1.75. The van der Waals surface area contributed by atoms with Crippen LogP contribution in [-0.4, -0.2) is 23.8 Å². The number of nitro groups is 1. The van der Waals surface area contributed by atoms with E-state index in [1.165, 1.54) is 31.0 Å². The summed E-state index contributed by atoms with van der Waals surface area (Å²) in [5, 5.41) is 13.7. The number of non-ortho nitro benzene ring substituents is 1. The third-order valence-electron chi connectivity index (χ3n) is 2.87. The summed E-state index contributed by atoms with van der Waals surface area (Å²) >= 11 is 0. The third kappa shape index (κ3) is 5.61. The number of Topliss-reactive ketones (excluding diaryl/α,β-unsaturated/α-hetero) is 1. The number of unbranched alkanes of at least 4 members (excludes halogenated alkanes) is 3. The fraction of sp³-hybridized carbons (Fsp3) is 0.500. The first-order chi connectivity index (χ1) is 9.15. The zero-order valence-corrected chi connectivity index (χ0v) is 11.2. The van der Waals surface area contributed by atoms with Crippen LogP contribution in [-0.2, 0) is 0 Å². The first-order valence-electron chi connectivity index (χ1n) is 6.63. The molecule has 0 fully saturated rings. The molecule has 5 heteroatoms. The van der Waals surface area contributed by atoms with Gasteiger partial charge in [-0.05, 0) is 13.0 Å². The van der Waals surface area contributed by atoms with E-state index in [9.17, 15) is 14.9 Å². The Labute approximate surface area is 113 Å². The van der Waals surface area contributed by atoms with Gasteiger partial charge >= 0.3 is 0 Å². The van der Waals surface area contributed by atoms with Crippen LogP contribution in [0.25, 0.3) is 0 Å². The molecular formula is C14H20N2O3. The van der Waals surface area contributed by atoms with Crippen LogP contribution in [0.4, 0.5) is 5.69 Å². The van der Waals surface area contributed by atoms with Crippen LogP contribution in [0.1, 0.15) is 43.0 Å². The molecule has 0 heterocycles. The lowest BCUT2D eigenvalue weighted by Gasteiger charge is -2.04. The molecule has 0 amide bonds. The molecule has 104 valence electrons. The van der Waals surface area contributed by atoms with Crippen LogP contribution in [0.15, 0.2) is 24.3 Å². The minimum atomic E-state index is -0.491. The second kappa shape index (κ2) is 8.37. The number of ketones is 1. The van der Waals surface area contributed by atoms with Gasteiger partial charge in [0.1, 0.15) is 0 Å². The molecule has 5 nitrogen and oxygen atoms in total. The minimum Gasteiger partial charge on any atom is -0.310 e. The second-order valence-corrected chi connectivity index (χ2v) is 4.47. The maximum Gasteiger partial charge on any atom is 0.270 e. The summed E-state index contributed by atoms with van der Waals surface area (Å²) in [5.74, 6) is -0.112. The van der Waals surface area contributed by atoms with Gasteiger partial charge in [-0.15, -0.1) is 0 Å². The molecule has 0 aliphatic rings. The van der Waals surface area contributed by atoms with Crippen molar-refractivity contribution in [2.75, 3.05) is 13.1 Å². The monoisotopic (exact) mass is 264 g/mol. The molecule has 19 heavy (non-hydrogen) atoms. The lowest BCUT2D eigenvalue weighted by Crippen LogP contribution is -2.24. The lowest BCUT2D eigenvalue weighted by atomic mass is 10.1. The van der Waals surface area contributed by atoms with E-state index in [4.69, 9.17) is 0 Å². The van der Waals surface area contributed by atoms with Crippen molar-refractivity contribution in [3.63, 3.8) is 0 Å². The summed E-state index contributed by atoms with van der Waals surface area (Å²) in [7, 11) is 0. The molecule has 0 spiro atoms. The van der Waals surface area contributed by atoms with Crippen molar-refractivity contribution < 1.29 is 9.72 Å². The van der Waals surface area contributed by atoms with Crippen molar-refractivity contribution in [3.05, 3.63) is 39.9 Å². The highest BCUT2D eigenvalue weighted by Crippen LogP contribution is 2.13. The molecule has 0 saturated carbocycles. The zero-order chi connectivity index (χ0) is 14.1. The number of carbonyl (C=O) groups excluding carboxylic acids is 1. The van der Waals surface area contributed by atoms with Gasteiger partial charge in [0, 0.05) is 17.7 Å². The number of hydrogen-bond donors (Lipinski definition) is 1. The first kappa shape index (κ1) is 15.3. The van der Waals surface area contributed by atoms with Gasteiger partial charge in [-0.2, -0.15) is 0 Å². The Morgan fingerprint density at radius 1 is 1.32 bits per heavy atom. The van der Waals surface area contributed by atoms with Crippen molar-refractivity contribution in [1.29, 1.82) is 0 Å². The summed E-state index contributed by atoms with van der Waals surface area (Å²) in [6.45, 7) is 3.19. The average molecular weight is 264 g/mol. The van der Waals surface area contributed by atoms with E-state index in [0.717, 1.165) is 19.4 Å². The first-order valence-corrected chi connectivity index (χ1v) is 6.63. The smallest absolute Gasteiger partial charge is 0.270 e. The van der Waals surface area contributed by atoms with Gasteiger partial charge in [-0.3, -0.25) is 14.9 Å². The molecule has 1 N–H and O–H groups in total. The largest absolute Gasteiger partial charge is 0.310 e. The van der Waals surface area contributed by atoms with Crippen LogP contribution in [0.3, 0.4) is 0 Å². The molecule has 0 radical (unpaired) electrons. The molecule has 1 aromatic rings. The van der Waals surface area contributed by atoms with Gasteiger partial charge in [0.25, 0.3) is 5.69 Å². The molecule has 1 aromatic carbocycles. The van der Waals surface area contributed by atoms with E-state index in [1.807, 2.05) is 0 Å². The topological polar surface area (TPSA) is 72.2 Å². The highest BCUT2D eigenvalue weighted by atomic mass is 16.6. The van der Waals surface area contributed by atoms with Crippen LogP contribution in [0.5, 0.6) is 0 Å². The Morgan fingerprint density at radius 2 is 2.11 bits per heavy atom. The molecule has 0 aromatic heterocycles. The quantitative estimate of drug-likeness (QED) is 0.322. The lowest BCUT2D eigenvalue weighted by molar-refractivity contribution is -0.384. The van der Waals surface area contributed by atoms with Crippen molar-refractivity contribution in [2.24, 2.45) is 0 Å². The Kier molecular flexibility index (Phi) is 6.74. The minimum absolute atomic E-state index is 0.0474. The van der Waals surface area contributed by atoms with E-state index >= 15 is 0 Å². The van der Waals surface area contributed by atoms with Gasteiger partial charge in [-0.25, -0.2) is 0 Å². The van der Waals surface area contributed by atoms with Gasteiger partial charge in [0.05, 0.1) is 11.5 Å². The predicted octanol–water partition coefficient (Wildman–Crippen LogP) is 2.95. The summed E-state index contributed by atoms with van der Waals surface area (Å²) < 4.78 is 0. The Bertz CT molecular complexity index is 432. The average Bonchev–Trinajstić information content (AvgIpc) is 2.42. The molecule has 0 unspecified atom stereocenters. The van der Waals surface area contributed by atoms with Gasteiger partial charge in [0.15, 0.2) is 5.78 Å². The fourth-order valence-corrected chi connectivity index (χ4v) is 1.77. The number of nitrogens with zero attached hydrogens (tertiary/aromatic N) is 1. The molecule has 0 aliphatic heterocycles.